The second-order valence-electron chi connectivity index (χ2n) is 0.867. The number of hydrogen-bond donors (Lipinski definition) is 1. The first-order valence-electron chi connectivity index (χ1n) is 1.58. The monoisotopic (exact) mass is 132 g/mol. The first-order valence-corrected chi connectivity index (χ1v) is 3.73. The van der Waals surface area contributed by atoms with Gasteiger partial charge in [0.2, 0.25) is 0 Å². The van der Waals surface area contributed by atoms with Gasteiger partial charge in [-0.25, -0.2) is 0 Å². The molecule has 2 nitrogen and oxygen atoms in total. The van der Waals surface area contributed by atoms with Gasteiger partial charge in [-0.15, -0.1) is 0 Å². The van der Waals surface area contributed by atoms with Gasteiger partial charge in [-0.3, -0.25) is 0 Å². The van der Waals surface area contributed by atoms with Crippen LogP contribution in [-0.4, -0.2) is 5.21 Å². The molecule has 0 spiro atoms. The average Bonchev–Trinajstić information content (AvgIpc) is 2.14. The number of nitrogens with zero attached hydrogens (tertiary/aromatic N) is 1. The van der Waals surface area contributed by atoms with Crippen molar-refractivity contribution in [2.45, 2.75) is 0 Å². The van der Waals surface area contributed by atoms with Gasteiger partial charge in [0.05, 0.1) is 5.38 Å². The third-order valence-corrected chi connectivity index (χ3v) is 2.17. The lowest BCUT2D eigenvalue weighted by atomic mass is 10.8. The highest BCUT2D eigenvalue weighted by Gasteiger charge is 1.76. The van der Waals surface area contributed by atoms with Gasteiger partial charge in [-0.1, -0.05) is 25.8 Å². The molecule has 0 aliphatic carbocycles. The lowest BCUT2D eigenvalue weighted by molar-refractivity contribution is 0.304. The van der Waals surface area contributed by atoms with Crippen molar-refractivity contribution >= 4 is 20.7 Å². The van der Waals surface area contributed by atoms with Gasteiger partial charge < -0.3 is 5.21 Å². The lowest BCUT2D eigenvalue weighted by Crippen LogP contribution is -1.85. The Labute approximate surface area is 47.7 Å². The topological polar surface area (TPSA) is 32.6 Å². The molecule has 1 N–H and O–H groups in total. The van der Waals surface area contributed by atoms with Gasteiger partial charge in [-0.2, -0.15) is 0 Å². The Bertz CT molecular complexity index is 172. The minimum Gasteiger partial charge on any atom is -0.410 e. The molecule has 1 aromatic rings. The van der Waals surface area contributed by atoms with Crippen LogP contribution in [0.3, 0.4) is 0 Å². The Hall–Kier alpha value is -0.350. The summed E-state index contributed by atoms with van der Waals surface area (Å²) in [5, 5.41) is 13.8. The summed E-state index contributed by atoms with van der Waals surface area (Å²) in [5.74, 6) is 0. The zero-order chi connectivity index (χ0) is 5.11. The van der Waals surface area contributed by atoms with Crippen LogP contribution < -0.4 is 4.67 Å². The van der Waals surface area contributed by atoms with Crippen LogP contribution in [0.1, 0.15) is 0 Å². The number of rotatable bonds is 0. The highest BCUT2D eigenvalue weighted by molar-refractivity contribution is 7.67. The minimum absolute atomic E-state index is 0.616. The van der Waals surface area contributed by atoms with Crippen LogP contribution in [0.4, 0.5) is 0 Å². The fourth-order valence-corrected chi connectivity index (χ4v) is 1.51. The molecule has 1 aromatic heterocycles. The molecule has 0 unspecified atom stereocenters. The summed E-state index contributed by atoms with van der Waals surface area (Å²) in [7, 11) is 2.82. The Morgan fingerprint density at radius 1 is 1.86 bits per heavy atom. The third kappa shape index (κ3) is 1.01. The van der Waals surface area contributed by atoms with E-state index in [1.54, 1.807) is 6.07 Å². The second kappa shape index (κ2) is 2.09. The standard InChI is InChI=1S/C3H2NOS2/c5-4-3-1-2-6-7-3/h1,5H. The van der Waals surface area contributed by atoms with E-state index >= 15 is 0 Å². The predicted molar refractivity (Wildman–Crippen MR) is 28.4 cm³/mol. The van der Waals surface area contributed by atoms with Crippen LogP contribution in [0.25, 0.3) is 0 Å². The van der Waals surface area contributed by atoms with Crippen LogP contribution in [0.5, 0.6) is 0 Å². The Kier molecular flexibility index (Phi) is 1.43. The van der Waals surface area contributed by atoms with Crippen molar-refractivity contribution < 1.29 is 5.21 Å². The molecule has 7 heavy (non-hydrogen) atoms. The lowest BCUT2D eigenvalue weighted by Gasteiger charge is -1.60. The summed E-state index contributed by atoms with van der Waals surface area (Å²) in [6.45, 7) is 0. The fraction of sp³-hybridized carbons (Fsp3) is 0. The molecule has 0 amide bonds. The Morgan fingerprint density at radius 2 is 2.71 bits per heavy atom. The summed E-state index contributed by atoms with van der Waals surface area (Å²) >= 11 is 0. The van der Waals surface area contributed by atoms with Crippen LogP contribution in [-0.2, 0) is 0 Å². The smallest absolute Gasteiger partial charge is 0.166 e. The predicted octanol–water partition coefficient (Wildman–Crippen LogP) is 0.900. The van der Waals surface area contributed by atoms with Gasteiger partial charge in [0.25, 0.3) is 0 Å². The molecule has 0 saturated heterocycles. The van der Waals surface area contributed by atoms with E-state index in [1.165, 1.54) is 20.7 Å². The highest BCUT2D eigenvalue weighted by atomic mass is 32.9. The van der Waals surface area contributed by atoms with Crippen molar-refractivity contribution in [1.29, 1.82) is 0 Å². The van der Waals surface area contributed by atoms with Crippen molar-refractivity contribution in [2.75, 3.05) is 0 Å². The molecule has 0 saturated carbocycles. The molecule has 4 heteroatoms. The summed E-state index contributed by atoms with van der Waals surface area (Å²) in [5.41, 5.74) is 0. The third-order valence-electron chi connectivity index (χ3n) is 0.456. The quantitative estimate of drug-likeness (QED) is 0.317. The van der Waals surface area contributed by atoms with Gasteiger partial charge in [-0.05, 0) is 6.07 Å². The van der Waals surface area contributed by atoms with E-state index in [1.807, 2.05) is 0 Å². The average molecular weight is 132 g/mol. The van der Waals surface area contributed by atoms with Crippen molar-refractivity contribution in [1.82, 2.24) is 0 Å². The van der Waals surface area contributed by atoms with Gasteiger partial charge in [0.1, 0.15) is 0 Å². The molecule has 0 aliphatic heterocycles. The molecular formula is C3H2NOS2. The Morgan fingerprint density at radius 3 is 3.00 bits per heavy atom. The molecule has 1 radical (unpaired) electrons. The zero-order valence-corrected chi connectivity index (χ0v) is 4.92. The summed E-state index contributed by atoms with van der Waals surface area (Å²) in [6.07, 6.45) is 0. The van der Waals surface area contributed by atoms with Crippen molar-refractivity contribution in [3.05, 3.63) is 16.1 Å². The van der Waals surface area contributed by atoms with E-state index in [2.05, 4.69) is 10.5 Å². The van der Waals surface area contributed by atoms with E-state index in [4.69, 9.17) is 5.21 Å². The van der Waals surface area contributed by atoms with Crippen molar-refractivity contribution in [2.24, 2.45) is 5.16 Å². The summed E-state index contributed by atoms with van der Waals surface area (Å²) in [6, 6.07) is 1.63. The van der Waals surface area contributed by atoms with Crippen LogP contribution in [0.15, 0.2) is 11.2 Å². The molecule has 1 heterocycles. The van der Waals surface area contributed by atoms with E-state index in [-0.39, 0.29) is 0 Å². The van der Waals surface area contributed by atoms with E-state index in [9.17, 15) is 0 Å². The maximum Gasteiger partial charge on any atom is 0.166 e. The van der Waals surface area contributed by atoms with Gasteiger partial charge in [0.15, 0.2) is 4.67 Å². The molecule has 0 atom stereocenters. The van der Waals surface area contributed by atoms with E-state index in [0.29, 0.717) is 4.67 Å². The maximum absolute atomic E-state index is 8.05. The molecule has 1 rings (SSSR count). The highest BCUT2D eigenvalue weighted by Crippen LogP contribution is 1.94. The molecule has 0 fully saturated rings. The SMILES string of the molecule is ON=c1c[c]ss1. The van der Waals surface area contributed by atoms with Crippen molar-refractivity contribution in [3.8, 4) is 0 Å². The van der Waals surface area contributed by atoms with E-state index < -0.39 is 0 Å². The van der Waals surface area contributed by atoms with Gasteiger partial charge >= 0.3 is 0 Å². The molecule has 0 aliphatic rings. The normalized spacial score (nSPS) is 12.3. The van der Waals surface area contributed by atoms with Crippen molar-refractivity contribution in [3.63, 3.8) is 0 Å². The molecule has 0 bridgehead atoms. The van der Waals surface area contributed by atoms with Gasteiger partial charge in [0, 0.05) is 0 Å². The first-order chi connectivity index (χ1) is 3.43. The number of hydrogen-bond acceptors (Lipinski definition) is 4. The summed E-state index contributed by atoms with van der Waals surface area (Å²) < 4.78 is 0.616. The first kappa shape index (κ1) is 4.80. The second-order valence-corrected chi connectivity index (χ2v) is 2.85. The Balaban J connectivity index is 3.22. The maximum atomic E-state index is 8.05. The van der Waals surface area contributed by atoms with E-state index in [0.717, 1.165) is 0 Å². The van der Waals surface area contributed by atoms with Crippen LogP contribution in [0.2, 0.25) is 0 Å². The molecule has 37 valence electrons. The van der Waals surface area contributed by atoms with Crippen LogP contribution in [0, 0.1) is 5.38 Å². The molecular weight excluding hydrogens is 130 g/mol. The zero-order valence-electron chi connectivity index (χ0n) is 3.29. The molecule has 0 aromatic carbocycles. The largest absolute Gasteiger partial charge is 0.410 e. The minimum atomic E-state index is 0.616. The van der Waals surface area contributed by atoms with Crippen LogP contribution >= 0.6 is 20.7 Å². The fourth-order valence-electron chi connectivity index (χ4n) is 0.211. The summed E-state index contributed by atoms with van der Waals surface area (Å²) in [4.78, 5) is 0.